The maximum absolute atomic E-state index is 13.2. The van der Waals surface area contributed by atoms with E-state index in [0.29, 0.717) is 24.0 Å². The van der Waals surface area contributed by atoms with Crippen LogP contribution in [0.3, 0.4) is 0 Å². The zero-order valence-corrected chi connectivity index (χ0v) is 12.6. The molecule has 1 aromatic rings. The smallest absolute Gasteiger partial charge is 0.238 e. The van der Waals surface area contributed by atoms with Crippen molar-refractivity contribution in [3.63, 3.8) is 0 Å². The fourth-order valence-electron chi connectivity index (χ4n) is 2.67. The Kier molecular flexibility index (Phi) is 5.14. The summed E-state index contributed by atoms with van der Waals surface area (Å²) in [5, 5.41) is 2.69. The van der Waals surface area contributed by atoms with Crippen LogP contribution in [0.25, 0.3) is 0 Å². The summed E-state index contributed by atoms with van der Waals surface area (Å²) in [6.07, 6.45) is 1.04. The molecular formula is C15H23FN4O. The van der Waals surface area contributed by atoms with Crippen LogP contribution in [0.1, 0.15) is 13.3 Å². The number of carbonyl (C=O) groups excluding carboxylic acids is 1. The molecule has 3 N–H and O–H groups in total. The highest BCUT2D eigenvalue weighted by Gasteiger charge is 2.21. The van der Waals surface area contributed by atoms with Gasteiger partial charge in [0.25, 0.3) is 0 Å². The molecule has 0 aliphatic carbocycles. The Morgan fingerprint density at radius 3 is 3.00 bits per heavy atom. The fourth-order valence-corrected chi connectivity index (χ4v) is 2.67. The Bertz CT molecular complexity index is 508. The first-order valence-corrected chi connectivity index (χ1v) is 7.23. The van der Waals surface area contributed by atoms with E-state index in [-0.39, 0.29) is 5.91 Å². The molecule has 1 aromatic carbocycles. The van der Waals surface area contributed by atoms with Crippen molar-refractivity contribution in [2.24, 2.45) is 0 Å². The highest BCUT2D eigenvalue weighted by atomic mass is 19.1. The number of halogens is 1. The van der Waals surface area contributed by atoms with Gasteiger partial charge in [-0.2, -0.15) is 0 Å². The third kappa shape index (κ3) is 4.41. The third-order valence-electron chi connectivity index (χ3n) is 3.82. The lowest BCUT2D eigenvalue weighted by molar-refractivity contribution is -0.117. The molecule has 0 saturated carbocycles. The van der Waals surface area contributed by atoms with E-state index < -0.39 is 5.82 Å². The Balaban J connectivity index is 1.96. The zero-order valence-electron chi connectivity index (χ0n) is 12.6. The van der Waals surface area contributed by atoms with E-state index in [1.54, 1.807) is 0 Å². The van der Waals surface area contributed by atoms with E-state index in [1.165, 1.54) is 18.2 Å². The molecule has 1 saturated heterocycles. The second kappa shape index (κ2) is 6.87. The van der Waals surface area contributed by atoms with Gasteiger partial charge in [-0.25, -0.2) is 4.39 Å². The van der Waals surface area contributed by atoms with Gasteiger partial charge in [-0.3, -0.25) is 9.69 Å². The summed E-state index contributed by atoms with van der Waals surface area (Å²) < 4.78 is 13.2. The number of nitrogens with two attached hydrogens (primary N) is 1. The van der Waals surface area contributed by atoms with E-state index >= 15 is 0 Å². The second-order valence-corrected chi connectivity index (χ2v) is 5.72. The number of nitrogen functional groups attached to an aromatic ring is 1. The zero-order chi connectivity index (χ0) is 15.4. The summed E-state index contributed by atoms with van der Waals surface area (Å²) in [5.41, 5.74) is 6.44. The van der Waals surface area contributed by atoms with Crippen molar-refractivity contribution in [1.29, 1.82) is 0 Å². The van der Waals surface area contributed by atoms with Gasteiger partial charge in [0.15, 0.2) is 0 Å². The van der Waals surface area contributed by atoms with E-state index in [0.717, 1.165) is 26.1 Å². The first-order chi connectivity index (χ1) is 9.95. The SMILES string of the molecule is CC1CN(C)CCCN1CC(=O)Nc1cc(F)ccc1N. The Labute approximate surface area is 124 Å². The number of carbonyl (C=O) groups is 1. The second-order valence-electron chi connectivity index (χ2n) is 5.72. The third-order valence-corrected chi connectivity index (χ3v) is 3.82. The fraction of sp³-hybridized carbons (Fsp3) is 0.533. The van der Waals surface area contributed by atoms with Gasteiger partial charge in [-0.1, -0.05) is 0 Å². The minimum Gasteiger partial charge on any atom is -0.397 e. The normalized spacial score (nSPS) is 21.0. The number of hydrogen-bond acceptors (Lipinski definition) is 4. The van der Waals surface area contributed by atoms with Crippen LogP contribution in [0.5, 0.6) is 0 Å². The number of likely N-dealkylation sites (N-methyl/N-ethyl adjacent to an activating group) is 1. The van der Waals surface area contributed by atoms with E-state index in [9.17, 15) is 9.18 Å². The average Bonchev–Trinajstić information content (AvgIpc) is 2.56. The highest BCUT2D eigenvalue weighted by Crippen LogP contribution is 2.19. The molecule has 1 aliphatic rings. The summed E-state index contributed by atoms with van der Waals surface area (Å²) in [6.45, 7) is 5.28. The Morgan fingerprint density at radius 2 is 2.24 bits per heavy atom. The van der Waals surface area contributed by atoms with E-state index in [1.807, 2.05) is 0 Å². The molecule has 1 atom stereocenters. The largest absolute Gasteiger partial charge is 0.397 e. The maximum atomic E-state index is 13.2. The van der Waals surface area contributed by atoms with Crippen molar-refractivity contribution < 1.29 is 9.18 Å². The lowest BCUT2D eigenvalue weighted by Gasteiger charge is -2.27. The monoisotopic (exact) mass is 294 g/mol. The summed E-state index contributed by atoms with van der Waals surface area (Å²) in [6, 6.07) is 4.28. The topological polar surface area (TPSA) is 61.6 Å². The molecule has 5 nitrogen and oxygen atoms in total. The molecule has 0 aromatic heterocycles. The summed E-state index contributed by atoms with van der Waals surface area (Å²) >= 11 is 0. The molecule has 1 aliphatic heterocycles. The average molecular weight is 294 g/mol. The van der Waals surface area contributed by atoms with E-state index in [2.05, 4.69) is 29.1 Å². The summed E-state index contributed by atoms with van der Waals surface area (Å²) in [5.74, 6) is -0.576. The quantitative estimate of drug-likeness (QED) is 0.827. The van der Waals surface area contributed by atoms with Crippen LogP contribution in [-0.4, -0.2) is 55.0 Å². The van der Waals surface area contributed by atoms with Crippen molar-refractivity contribution in [3.05, 3.63) is 24.0 Å². The molecule has 1 amide bonds. The molecule has 0 spiro atoms. The van der Waals surface area contributed by atoms with Crippen LogP contribution < -0.4 is 11.1 Å². The van der Waals surface area contributed by atoms with Crippen LogP contribution in [0.4, 0.5) is 15.8 Å². The summed E-state index contributed by atoms with van der Waals surface area (Å²) in [4.78, 5) is 16.6. The van der Waals surface area contributed by atoms with Crippen LogP contribution in [0.2, 0.25) is 0 Å². The first kappa shape index (κ1) is 15.7. The van der Waals surface area contributed by atoms with Crippen molar-refractivity contribution in [2.45, 2.75) is 19.4 Å². The number of benzene rings is 1. The predicted octanol–water partition coefficient (Wildman–Crippen LogP) is 1.37. The maximum Gasteiger partial charge on any atom is 0.238 e. The number of nitrogens with one attached hydrogen (secondary N) is 1. The van der Waals surface area contributed by atoms with Crippen LogP contribution in [0.15, 0.2) is 18.2 Å². The molecule has 1 heterocycles. The van der Waals surface area contributed by atoms with Gasteiger partial charge in [0, 0.05) is 19.1 Å². The number of anilines is 2. The van der Waals surface area contributed by atoms with Crippen LogP contribution in [-0.2, 0) is 4.79 Å². The molecule has 21 heavy (non-hydrogen) atoms. The summed E-state index contributed by atoms with van der Waals surface area (Å²) in [7, 11) is 2.09. The van der Waals surface area contributed by atoms with Crippen molar-refractivity contribution in [1.82, 2.24) is 9.80 Å². The van der Waals surface area contributed by atoms with Crippen LogP contribution in [0, 0.1) is 5.82 Å². The molecule has 1 unspecified atom stereocenters. The first-order valence-electron chi connectivity index (χ1n) is 7.23. The van der Waals surface area contributed by atoms with Gasteiger partial charge in [-0.15, -0.1) is 0 Å². The molecule has 2 rings (SSSR count). The standard InChI is InChI=1S/C15H23FN4O/c1-11-9-19(2)6-3-7-20(11)10-15(21)18-14-8-12(16)4-5-13(14)17/h4-5,8,11H,3,6-7,9-10,17H2,1-2H3,(H,18,21). The van der Waals surface area contributed by atoms with Crippen molar-refractivity contribution >= 4 is 17.3 Å². The van der Waals surface area contributed by atoms with Gasteiger partial charge in [0.1, 0.15) is 5.82 Å². The van der Waals surface area contributed by atoms with Crippen molar-refractivity contribution in [3.8, 4) is 0 Å². The van der Waals surface area contributed by atoms with Gasteiger partial charge < -0.3 is 16.0 Å². The number of hydrogen-bond donors (Lipinski definition) is 2. The van der Waals surface area contributed by atoms with Gasteiger partial charge >= 0.3 is 0 Å². The molecule has 0 radical (unpaired) electrons. The number of nitrogens with zero attached hydrogens (tertiary/aromatic N) is 2. The number of rotatable bonds is 3. The van der Waals surface area contributed by atoms with Gasteiger partial charge in [-0.05, 0) is 45.1 Å². The Hall–Kier alpha value is -1.66. The van der Waals surface area contributed by atoms with Crippen molar-refractivity contribution in [2.75, 3.05) is 44.3 Å². The molecular weight excluding hydrogens is 271 g/mol. The molecule has 1 fully saturated rings. The molecule has 116 valence electrons. The van der Waals surface area contributed by atoms with E-state index in [4.69, 9.17) is 5.73 Å². The minimum absolute atomic E-state index is 0.163. The Morgan fingerprint density at radius 1 is 1.48 bits per heavy atom. The van der Waals surface area contributed by atoms with Crippen LogP contribution >= 0.6 is 0 Å². The number of amides is 1. The lowest BCUT2D eigenvalue weighted by atomic mass is 10.2. The highest BCUT2D eigenvalue weighted by molar-refractivity contribution is 5.95. The van der Waals surface area contributed by atoms with Gasteiger partial charge in [0.2, 0.25) is 5.91 Å². The molecule has 0 bridgehead atoms. The minimum atomic E-state index is -0.413. The molecule has 6 heteroatoms. The predicted molar refractivity (Wildman–Crippen MR) is 82.6 cm³/mol. The van der Waals surface area contributed by atoms with Gasteiger partial charge in [0.05, 0.1) is 17.9 Å². The lowest BCUT2D eigenvalue weighted by Crippen LogP contribution is -2.42.